The second-order valence-corrected chi connectivity index (χ2v) is 10.2. The number of benzene rings is 2. The van der Waals surface area contributed by atoms with E-state index in [1.807, 2.05) is 28.8 Å². The Hall–Kier alpha value is -2.82. The van der Waals surface area contributed by atoms with Gasteiger partial charge in [0, 0.05) is 27.1 Å². The van der Waals surface area contributed by atoms with Crippen LogP contribution in [0.1, 0.15) is 12.8 Å². The molecule has 1 N–H and O–H groups in total. The summed E-state index contributed by atoms with van der Waals surface area (Å²) in [5, 5.41) is 3.46. The van der Waals surface area contributed by atoms with E-state index in [0.717, 1.165) is 15.7 Å². The minimum atomic E-state index is -3.50. The number of thiazole rings is 1. The molecule has 0 unspecified atom stereocenters. The molecule has 0 spiro atoms. The molecule has 0 fully saturated rings. The van der Waals surface area contributed by atoms with E-state index in [1.54, 1.807) is 24.5 Å². The summed E-state index contributed by atoms with van der Waals surface area (Å²) < 4.78 is 28.7. The van der Waals surface area contributed by atoms with Crippen LogP contribution < -0.4 is 5.32 Å². The zero-order chi connectivity index (χ0) is 21.3. The number of carbonyl (C=O) groups excluding carboxylic acids is 1. The van der Waals surface area contributed by atoms with Gasteiger partial charge in [0.05, 0.1) is 32.5 Å². The second-order valence-electron chi connectivity index (χ2n) is 7.01. The number of rotatable bonds is 7. The highest BCUT2D eigenvalue weighted by Gasteiger charge is 2.18. The minimum Gasteiger partial charge on any atom is -0.331 e. The maximum atomic E-state index is 12.3. The Labute approximate surface area is 178 Å². The van der Waals surface area contributed by atoms with Crippen LogP contribution in [0.4, 0.5) is 5.13 Å². The predicted octanol–water partition coefficient (Wildman–Crippen LogP) is 3.32. The third-order valence-corrected chi connectivity index (χ3v) is 7.48. The van der Waals surface area contributed by atoms with Gasteiger partial charge in [-0.1, -0.05) is 23.5 Å². The molecule has 2 heterocycles. The van der Waals surface area contributed by atoms with Crippen molar-refractivity contribution in [1.82, 2.24) is 18.8 Å². The van der Waals surface area contributed by atoms with Crippen LogP contribution in [0.2, 0.25) is 0 Å². The number of aryl methyl sites for hydroxylation is 1. The molecule has 156 valence electrons. The van der Waals surface area contributed by atoms with Crippen LogP contribution in [-0.2, 0) is 21.4 Å². The van der Waals surface area contributed by atoms with Gasteiger partial charge in [-0.15, -0.1) is 0 Å². The third kappa shape index (κ3) is 4.07. The van der Waals surface area contributed by atoms with Gasteiger partial charge in [-0.25, -0.2) is 22.7 Å². The number of aromatic nitrogens is 3. The first-order valence-electron chi connectivity index (χ1n) is 9.37. The highest BCUT2D eigenvalue weighted by molar-refractivity contribution is 7.89. The lowest BCUT2D eigenvalue weighted by Crippen LogP contribution is -2.22. The Morgan fingerprint density at radius 1 is 1.17 bits per heavy atom. The number of carbonyl (C=O) groups is 1. The van der Waals surface area contributed by atoms with Crippen LogP contribution in [0.15, 0.2) is 53.7 Å². The first kappa shape index (κ1) is 20.5. The summed E-state index contributed by atoms with van der Waals surface area (Å²) in [6.07, 6.45) is 2.64. The molecule has 0 radical (unpaired) electrons. The highest BCUT2D eigenvalue weighted by atomic mass is 32.2. The predicted molar refractivity (Wildman–Crippen MR) is 118 cm³/mol. The molecule has 0 aliphatic carbocycles. The molecule has 0 atom stereocenters. The Bertz CT molecular complexity index is 1290. The van der Waals surface area contributed by atoms with E-state index in [0.29, 0.717) is 30.0 Å². The summed E-state index contributed by atoms with van der Waals surface area (Å²) in [7, 11) is -0.506. The van der Waals surface area contributed by atoms with Gasteiger partial charge in [-0.2, -0.15) is 0 Å². The second kappa shape index (κ2) is 8.13. The molecule has 2 aromatic heterocycles. The summed E-state index contributed by atoms with van der Waals surface area (Å²) >= 11 is 1.45. The third-order valence-electron chi connectivity index (χ3n) is 4.71. The van der Waals surface area contributed by atoms with Crippen molar-refractivity contribution >= 4 is 53.6 Å². The lowest BCUT2D eigenvalue weighted by molar-refractivity contribution is -0.116. The fraction of sp³-hybridized carbons (Fsp3) is 0.250. The minimum absolute atomic E-state index is 0.0853. The number of imidazole rings is 1. The molecule has 0 aliphatic heterocycles. The van der Waals surface area contributed by atoms with Gasteiger partial charge >= 0.3 is 0 Å². The molecule has 1 amide bonds. The molecule has 8 nitrogen and oxygen atoms in total. The molecule has 0 saturated heterocycles. The topological polar surface area (TPSA) is 97.2 Å². The number of nitrogens with one attached hydrogen (secondary N) is 1. The van der Waals surface area contributed by atoms with Crippen LogP contribution in [0.5, 0.6) is 0 Å². The standard InChI is InChI=1S/C20H21N5O3S2/c1-24(2)30(27,28)14-9-10-17-16(12-14)21-13-25(17)11-5-8-19(26)23-20-22-15-6-3-4-7-18(15)29-20/h3-4,6-7,9-10,12-13H,5,8,11H2,1-2H3,(H,22,23,26). The molecule has 0 aliphatic rings. The average Bonchev–Trinajstić information content (AvgIpc) is 3.30. The van der Waals surface area contributed by atoms with Crippen molar-refractivity contribution in [2.75, 3.05) is 19.4 Å². The molecular weight excluding hydrogens is 422 g/mol. The smallest absolute Gasteiger partial charge is 0.242 e. The molecule has 2 aromatic carbocycles. The fourth-order valence-electron chi connectivity index (χ4n) is 3.11. The summed E-state index contributed by atoms with van der Waals surface area (Å²) in [5.41, 5.74) is 2.31. The van der Waals surface area contributed by atoms with Crippen molar-refractivity contribution in [3.63, 3.8) is 0 Å². The largest absolute Gasteiger partial charge is 0.331 e. The SMILES string of the molecule is CN(C)S(=O)(=O)c1ccc2c(c1)ncn2CCCC(=O)Nc1nc2ccccc2s1. The molecular formula is C20H21N5O3S2. The number of anilines is 1. The van der Waals surface area contributed by atoms with Gasteiger partial charge in [0.1, 0.15) is 0 Å². The van der Waals surface area contributed by atoms with E-state index >= 15 is 0 Å². The Balaban J connectivity index is 1.38. The Kier molecular flexibility index (Phi) is 5.54. The van der Waals surface area contributed by atoms with Gasteiger partial charge in [0.25, 0.3) is 0 Å². The van der Waals surface area contributed by atoms with Gasteiger partial charge in [0.15, 0.2) is 5.13 Å². The average molecular weight is 444 g/mol. The highest BCUT2D eigenvalue weighted by Crippen LogP contribution is 2.25. The zero-order valence-electron chi connectivity index (χ0n) is 16.6. The van der Waals surface area contributed by atoms with Crippen molar-refractivity contribution in [2.24, 2.45) is 0 Å². The van der Waals surface area contributed by atoms with Crippen molar-refractivity contribution in [2.45, 2.75) is 24.3 Å². The Morgan fingerprint density at radius 2 is 1.97 bits per heavy atom. The van der Waals surface area contributed by atoms with Gasteiger partial charge < -0.3 is 9.88 Å². The normalized spacial score (nSPS) is 12.1. The van der Waals surface area contributed by atoms with E-state index in [1.165, 1.54) is 29.7 Å². The molecule has 4 aromatic rings. The van der Waals surface area contributed by atoms with Crippen LogP contribution >= 0.6 is 11.3 Å². The van der Waals surface area contributed by atoms with Gasteiger partial charge in [-0.05, 0) is 36.8 Å². The van der Waals surface area contributed by atoms with E-state index < -0.39 is 10.0 Å². The summed E-state index contributed by atoms with van der Waals surface area (Å²) in [6.45, 7) is 0.601. The molecule has 4 rings (SSSR count). The first-order valence-corrected chi connectivity index (χ1v) is 11.6. The number of hydrogen-bond donors (Lipinski definition) is 1. The van der Waals surface area contributed by atoms with Crippen molar-refractivity contribution in [3.05, 3.63) is 48.8 Å². The van der Waals surface area contributed by atoms with Gasteiger partial charge in [0.2, 0.25) is 15.9 Å². The summed E-state index contributed by atoms with van der Waals surface area (Å²) in [5.74, 6) is -0.0853. The quantitative estimate of drug-likeness (QED) is 0.473. The summed E-state index contributed by atoms with van der Waals surface area (Å²) in [4.78, 5) is 21.2. The van der Waals surface area contributed by atoms with Crippen molar-refractivity contribution < 1.29 is 13.2 Å². The van der Waals surface area contributed by atoms with E-state index in [-0.39, 0.29) is 10.8 Å². The number of sulfonamides is 1. The molecule has 30 heavy (non-hydrogen) atoms. The van der Waals surface area contributed by atoms with E-state index in [9.17, 15) is 13.2 Å². The Morgan fingerprint density at radius 3 is 2.73 bits per heavy atom. The van der Waals surface area contributed by atoms with Crippen molar-refractivity contribution in [3.8, 4) is 0 Å². The lowest BCUT2D eigenvalue weighted by atomic mass is 10.2. The maximum Gasteiger partial charge on any atom is 0.242 e. The van der Waals surface area contributed by atoms with Crippen LogP contribution in [-0.4, -0.2) is 47.3 Å². The van der Waals surface area contributed by atoms with Gasteiger partial charge in [-0.3, -0.25) is 4.79 Å². The monoisotopic (exact) mass is 443 g/mol. The van der Waals surface area contributed by atoms with Crippen LogP contribution in [0.3, 0.4) is 0 Å². The number of para-hydroxylation sites is 1. The number of amides is 1. The molecule has 0 saturated carbocycles. The maximum absolute atomic E-state index is 12.3. The number of nitrogens with zero attached hydrogens (tertiary/aromatic N) is 4. The zero-order valence-corrected chi connectivity index (χ0v) is 18.2. The van der Waals surface area contributed by atoms with E-state index in [4.69, 9.17) is 0 Å². The van der Waals surface area contributed by atoms with Crippen LogP contribution in [0, 0.1) is 0 Å². The number of hydrogen-bond acceptors (Lipinski definition) is 6. The lowest BCUT2D eigenvalue weighted by Gasteiger charge is -2.11. The fourth-order valence-corrected chi connectivity index (χ4v) is 4.91. The molecule has 0 bridgehead atoms. The molecule has 10 heteroatoms. The van der Waals surface area contributed by atoms with E-state index in [2.05, 4.69) is 15.3 Å². The van der Waals surface area contributed by atoms with Crippen molar-refractivity contribution in [1.29, 1.82) is 0 Å². The van der Waals surface area contributed by atoms with Crippen LogP contribution in [0.25, 0.3) is 21.3 Å². The first-order chi connectivity index (χ1) is 14.3. The summed E-state index contributed by atoms with van der Waals surface area (Å²) in [6, 6.07) is 12.7. The number of fused-ring (bicyclic) bond motifs is 2.